The molecule has 2 aromatic heterocycles. The number of rotatable bonds is 29. The molecular weight excluding hydrogens is 773 g/mol. The average Bonchev–Trinajstić information content (AvgIpc) is 3.74. The molecule has 14 nitrogen and oxygen atoms in total. The summed E-state index contributed by atoms with van der Waals surface area (Å²) in [5.74, 6) is 0.221. The lowest BCUT2D eigenvalue weighted by atomic mass is 9.93. The van der Waals surface area contributed by atoms with Gasteiger partial charge in [-0.3, -0.25) is 9.05 Å². The number of hydrogen-bond donors (Lipinski definition) is 4. The van der Waals surface area contributed by atoms with Crippen molar-refractivity contribution in [1.29, 1.82) is 5.26 Å². The Kier molecular flexibility index (Phi) is 20.1. The molecule has 16 heteroatoms. The summed E-state index contributed by atoms with van der Waals surface area (Å²) in [5, 5.41) is 35.6. The number of phosphoric ester groups is 1. The standard InChI is InChI=1S/C41H63ClN5O9P/c1-3-4-5-6-7-8-9-10-11-12-13-14-15-16-17-18-23-52-27-33(53-26-32-20-19-31(25-43)24-34(32)42)28-54-57(50,51)55-29-36-38(48)39(49)41(2,56-36)37-22-21-35-40(44)45-30-46-47(35)37/h19-22,24,30,33,36,38-39,48-49H,3-18,23,26-29H2,1-2H3,(H,50,51)(H2,44,45,46)/t33-,36-,38-,39-,41+/m1/s1. The van der Waals surface area contributed by atoms with Crippen LogP contribution >= 0.6 is 19.4 Å². The van der Waals surface area contributed by atoms with Crippen LogP contribution < -0.4 is 5.73 Å². The topological polar surface area (TPSA) is 204 Å². The van der Waals surface area contributed by atoms with Gasteiger partial charge >= 0.3 is 7.82 Å². The lowest BCUT2D eigenvalue weighted by Gasteiger charge is -2.27. The van der Waals surface area contributed by atoms with Crippen LogP contribution in [0.1, 0.15) is 133 Å². The van der Waals surface area contributed by atoms with Gasteiger partial charge in [0.05, 0.1) is 43.8 Å². The Morgan fingerprint density at radius 2 is 1.60 bits per heavy atom. The first-order chi connectivity index (χ1) is 27.5. The van der Waals surface area contributed by atoms with Crippen molar-refractivity contribution in [3.63, 3.8) is 0 Å². The van der Waals surface area contributed by atoms with Crippen molar-refractivity contribution in [2.75, 3.05) is 32.2 Å². The molecule has 0 aliphatic carbocycles. The second kappa shape index (κ2) is 24.4. The average molecular weight is 836 g/mol. The van der Waals surface area contributed by atoms with Crippen molar-refractivity contribution in [3.8, 4) is 6.07 Å². The number of ether oxygens (including phenoxy) is 3. The molecule has 0 bridgehead atoms. The maximum Gasteiger partial charge on any atom is 0.472 e. The molecule has 3 heterocycles. The Morgan fingerprint density at radius 1 is 0.965 bits per heavy atom. The third-order valence-electron chi connectivity index (χ3n) is 10.6. The molecule has 4 rings (SSSR count). The van der Waals surface area contributed by atoms with Gasteiger partial charge in [-0.05, 0) is 43.2 Å². The predicted molar refractivity (Wildman–Crippen MR) is 218 cm³/mol. The molecule has 0 saturated carbocycles. The first-order valence-electron chi connectivity index (χ1n) is 20.6. The Hall–Kier alpha value is -2.67. The van der Waals surface area contributed by atoms with Crippen LogP contribution in [0.2, 0.25) is 5.02 Å². The summed E-state index contributed by atoms with van der Waals surface area (Å²) in [6.07, 6.45) is 16.8. The maximum atomic E-state index is 13.0. The van der Waals surface area contributed by atoms with Gasteiger partial charge in [0.25, 0.3) is 0 Å². The number of fused-ring (bicyclic) bond motifs is 1. The molecule has 6 atom stereocenters. The van der Waals surface area contributed by atoms with Crippen molar-refractivity contribution in [1.82, 2.24) is 14.6 Å². The van der Waals surface area contributed by atoms with Gasteiger partial charge in [0.15, 0.2) is 5.82 Å². The number of nitrogen functional groups attached to an aromatic ring is 1. The summed E-state index contributed by atoms with van der Waals surface area (Å²) < 4.78 is 43.0. The molecule has 1 unspecified atom stereocenters. The number of benzene rings is 1. The summed E-state index contributed by atoms with van der Waals surface area (Å²) in [6.45, 7) is 3.53. The zero-order valence-electron chi connectivity index (χ0n) is 33.6. The van der Waals surface area contributed by atoms with Gasteiger partial charge in [0, 0.05) is 11.6 Å². The fourth-order valence-electron chi connectivity index (χ4n) is 7.09. The number of anilines is 1. The van der Waals surface area contributed by atoms with Crippen LogP contribution in [0.4, 0.5) is 5.82 Å². The molecule has 1 aliphatic rings. The number of halogens is 1. The summed E-state index contributed by atoms with van der Waals surface area (Å²) in [5.41, 5.74) is 6.41. The van der Waals surface area contributed by atoms with Gasteiger partial charge in [0.2, 0.25) is 0 Å². The fraction of sp³-hybridized carbons (Fsp3) is 0.683. The third kappa shape index (κ3) is 14.8. The molecule has 1 aromatic carbocycles. The van der Waals surface area contributed by atoms with E-state index in [1.54, 1.807) is 37.3 Å². The first-order valence-corrected chi connectivity index (χ1v) is 22.5. The number of nitrogens with zero attached hydrogens (tertiary/aromatic N) is 4. The highest BCUT2D eigenvalue weighted by molar-refractivity contribution is 7.47. The molecule has 0 radical (unpaired) electrons. The van der Waals surface area contributed by atoms with Crippen LogP contribution in [-0.2, 0) is 40.0 Å². The smallest absolute Gasteiger partial charge is 0.387 e. The second-order valence-electron chi connectivity index (χ2n) is 15.1. The van der Waals surface area contributed by atoms with Crippen LogP contribution in [0.15, 0.2) is 36.7 Å². The van der Waals surface area contributed by atoms with Gasteiger partial charge in [0.1, 0.15) is 41.9 Å². The van der Waals surface area contributed by atoms with E-state index in [4.69, 9.17) is 40.6 Å². The Bertz CT molecular complexity index is 1730. The van der Waals surface area contributed by atoms with E-state index in [0.717, 1.165) is 19.3 Å². The monoisotopic (exact) mass is 835 g/mol. The molecule has 57 heavy (non-hydrogen) atoms. The number of aromatic nitrogens is 3. The highest BCUT2D eigenvalue weighted by Gasteiger charge is 2.54. The van der Waals surface area contributed by atoms with Gasteiger partial charge in [-0.25, -0.2) is 14.1 Å². The minimum Gasteiger partial charge on any atom is -0.387 e. The van der Waals surface area contributed by atoms with Crippen LogP contribution in [0, 0.1) is 11.3 Å². The lowest BCUT2D eigenvalue weighted by molar-refractivity contribution is -0.0901. The van der Waals surface area contributed by atoms with Crippen LogP contribution in [0.25, 0.3) is 5.52 Å². The minimum atomic E-state index is -4.70. The van der Waals surface area contributed by atoms with Gasteiger partial charge in [-0.1, -0.05) is 121 Å². The van der Waals surface area contributed by atoms with E-state index < -0.39 is 44.4 Å². The van der Waals surface area contributed by atoms with Gasteiger partial charge < -0.3 is 35.1 Å². The highest BCUT2D eigenvalue weighted by Crippen LogP contribution is 2.46. The van der Waals surface area contributed by atoms with Gasteiger partial charge in [-0.15, -0.1) is 0 Å². The highest BCUT2D eigenvalue weighted by atomic mass is 35.5. The second-order valence-corrected chi connectivity index (χ2v) is 17.0. The summed E-state index contributed by atoms with van der Waals surface area (Å²) in [7, 11) is -4.70. The van der Waals surface area contributed by atoms with Crippen molar-refractivity contribution < 1.29 is 42.9 Å². The Morgan fingerprint density at radius 3 is 2.21 bits per heavy atom. The number of nitrogens with two attached hydrogens (primary N) is 1. The van der Waals surface area contributed by atoms with Crippen molar-refractivity contribution in [3.05, 3.63) is 58.5 Å². The van der Waals surface area contributed by atoms with E-state index >= 15 is 0 Å². The van der Waals surface area contributed by atoms with E-state index in [1.807, 2.05) is 6.07 Å². The Labute approximate surface area is 342 Å². The number of phosphoric acid groups is 1. The molecule has 318 valence electrons. The predicted octanol–water partition coefficient (Wildman–Crippen LogP) is 8.17. The van der Waals surface area contributed by atoms with Crippen molar-refractivity contribution in [2.24, 2.45) is 0 Å². The van der Waals surface area contributed by atoms with E-state index in [2.05, 4.69) is 17.0 Å². The molecule has 0 amide bonds. The molecular formula is C41H63ClN5O9P. The van der Waals surface area contributed by atoms with Crippen LogP contribution in [0.3, 0.4) is 0 Å². The number of aliphatic hydroxyl groups excluding tert-OH is 2. The van der Waals surface area contributed by atoms with Crippen molar-refractivity contribution >= 4 is 30.8 Å². The number of aliphatic hydroxyl groups is 2. The van der Waals surface area contributed by atoms with Crippen LogP contribution in [-0.4, -0.2) is 80.5 Å². The lowest BCUT2D eigenvalue weighted by Crippen LogP contribution is -2.39. The minimum absolute atomic E-state index is 0.0428. The maximum absolute atomic E-state index is 13.0. The van der Waals surface area contributed by atoms with Crippen molar-refractivity contribution in [2.45, 2.75) is 153 Å². The third-order valence-corrected chi connectivity index (χ3v) is 11.9. The van der Waals surface area contributed by atoms with Gasteiger partial charge in [-0.2, -0.15) is 10.4 Å². The molecule has 1 aliphatic heterocycles. The first kappa shape index (κ1) is 47.0. The normalized spacial score (nSPS) is 21.2. The molecule has 0 spiro atoms. The van der Waals surface area contributed by atoms with E-state index in [0.29, 0.717) is 34.0 Å². The summed E-state index contributed by atoms with van der Waals surface area (Å²) >= 11 is 6.35. The number of nitriles is 1. The molecule has 1 fully saturated rings. The van der Waals surface area contributed by atoms with Crippen LogP contribution in [0.5, 0.6) is 0 Å². The molecule has 1 saturated heterocycles. The van der Waals surface area contributed by atoms with E-state index in [-0.39, 0.29) is 25.6 Å². The number of hydrogen-bond acceptors (Lipinski definition) is 12. The number of unbranched alkanes of at least 4 members (excludes halogenated alkanes) is 15. The largest absolute Gasteiger partial charge is 0.472 e. The quantitative estimate of drug-likeness (QED) is 0.0385. The zero-order valence-corrected chi connectivity index (χ0v) is 35.3. The zero-order chi connectivity index (χ0) is 41.1. The molecule has 5 N–H and O–H groups in total. The summed E-state index contributed by atoms with van der Waals surface area (Å²) in [6, 6.07) is 10.2. The Balaban J connectivity index is 1.18. The SMILES string of the molecule is CCCCCCCCCCCCCCCCCCOC[C@H](COP(=O)(O)OC[C@H]1O[C@@](C)(c2ccc3c(N)ncnn23)[C@H](O)[C@@H]1O)OCc1ccc(C#N)cc1Cl. The fourth-order valence-corrected chi connectivity index (χ4v) is 8.09. The molecule has 3 aromatic rings. The summed E-state index contributed by atoms with van der Waals surface area (Å²) in [4.78, 5) is 14.6. The van der Waals surface area contributed by atoms with E-state index in [1.165, 1.54) is 94.3 Å². The van der Waals surface area contributed by atoms with E-state index in [9.17, 15) is 24.9 Å².